The minimum atomic E-state index is -4.53. The van der Waals surface area contributed by atoms with Gasteiger partial charge in [0.2, 0.25) is 0 Å². The van der Waals surface area contributed by atoms with Crippen LogP contribution in [0.25, 0.3) is 0 Å². The van der Waals surface area contributed by atoms with E-state index in [0.29, 0.717) is 0 Å². The average Bonchev–Trinajstić information content (AvgIpc) is 2.26. The number of hydrogen-bond donors (Lipinski definition) is 1. The number of hydrogen-bond acceptors (Lipinski definition) is 2. The molecule has 1 aromatic rings. The molecule has 1 N–H and O–H groups in total. The highest BCUT2D eigenvalue weighted by Crippen LogP contribution is 2.36. The molecule has 0 amide bonds. The lowest BCUT2D eigenvalue weighted by molar-refractivity contribution is -0.139. The van der Waals surface area contributed by atoms with Gasteiger partial charge in [0.05, 0.1) is 18.8 Å². The van der Waals surface area contributed by atoms with Crippen molar-refractivity contribution in [2.24, 2.45) is 0 Å². The fourth-order valence-corrected chi connectivity index (χ4v) is 1.29. The van der Waals surface area contributed by atoms with Crippen LogP contribution in [0.3, 0.4) is 0 Å². The molecule has 1 aromatic carbocycles. The Kier molecular flexibility index (Phi) is 3.59. The molecule has 5 heteroatoms. The van der Waals surface area contributed by atoms with Gasteiger partial charge in [0.25, 0.3) is 0 Å². The summed E-state index contributed by atoms with van der Waals surface area (Å²) in [5, 5.41) is 9.38. The number of ether oxygens (including phenoxy) is 1. The first-order valence-electron chi connectivity index (χ1n) is 4.46. The number of aliphatic hydroxyl groups excluding tert-OH is 1. The maximum Gasteiger partial charge on any atom is 0.416 e. The van der Waals surface area contributed by atoms with Crippen LogP contribution in [0.4, 0.5) is 13.2 Å². The van der Waals surface area contributed by atoms with Crippen LogP contribution in [-0.4, -0.2) is 12.2 Å². The summed E-state index contributed by atoms with van der Waals surface area (Å²) in [7, 11) is 1.28. The van der Waals surface area contributed by atoms with Crippen molar-refractivity contribution in [3.63, 3.8) is 0 Å². The normalized spacial score (nSPS) is 13.3. The second kappa shape index (κ2) is 4.57. The van der Waals surface area contributed by atoms with Gasteiger partial charge in [0.1, 0.15) is 5.75 Å². The molecule has 0 aliphatic carbocycles. The molecule has 0 radical (unpaired) electrons. The fourth-order valence-electron chi connectivity index (χ4n) is 1.29. The van der Waals surface area contributed by atoms with Crippen molar-refractivity contribution in [1.29, 1.82) is 0 Å². The molecule has 1 rings (SSSR count). The summed E-state index contributed by atoms with van der Waals surface area (Å²) < 4.78 is 42.7. The first kappa shape index (κ1) is 12.6. The number of aliphatic hydroxyl groups is 1. The summed E-state index contributed by atoms with van der Waals surface area (Å²) in [6.45, 7) is 3.25. The third-order valence-electron chi connectivity index (χ3n) is 2.11. The molecule has 88 valence electrons. The van der Waals surface area contributed by atoms with Gasteiger partial charge in [-0.2, -0.15) is 13.2 Å². The summed E-state index contributed by atoms with van der Waals surface area (Å²) >= 11 is 0. The van der Waals surface area contributed by atoms with E-state index in [1.54, 1.807) is 0 Å². The van der Waals surface area contributed by atoms with Crippen LogP contribution in [-0.2, 0) is 6.18 Å². The third kappa shape index (κ3) is 2.55. The number of methoxy groups -OCH3 is 1. The van der Waals surface area contributed by atoms with Crippen LogP contribution in [0.1, 0.15) is 17.2 Å². The van der Waals surface area contributed by atoms with Gasteiger partial charge in [-0.05, 0) is 17.7 Å². The lowest BCUT2D eigenvalue weighted by Gasteiger charge is -2.16. The van der Waals surface area contributed by atoms with Crippen molar-refractivity contribution in [3.8, 4) is 5.75 Å². The van der Waals surface area contributed by atoms with E-state index < -0.39 is 17.8 Å². The van der Waals surface area contributed by atoms with Crippen LogP contribution >= 0.6 is 0 Å². The smallest absolute Gasteiger partial charge is 0.416 e. The van der Waals surface area contributed by atoms with Crippen molar-refractivity contribution in [2.45, 2.75) is 12.3 Å². The van der Waals surface area contributed by atoms with E-state index in [1.165, 1.54) is 19.2 Å². The van der Waals surface area contributed by atoms with E-state index in [4.69, 9.17) is 4.74 Å². The van der Waals surface area contributed by atoms with E-state index in [2.05, 4.69) is 6.58 Å². The second-order valence-corrected chi connectivity index (χ2v) is 3.13. The second-order valence-electron chi connectivity index (χ2n) is 3.13. The van der Waals surface area contributed by atoms with Crippen molar-refractivity contribution in [2.75, 3.05) is 7.11 Å². The molecule has 0 spiro atoms. The molecule has 2 nitrogen and oxygen atoms in total. The summed E-state index contributed by atoms with van der Waals surface area (Å²) in [6.07, 6.45) is -4.84. The van der Waals surface area contributed by atoms with Crippen LogP contribution in [0, 0.1) is 0 Å². The molecule has 0 heterocycles. The van der Waals surface area contributed by atoms with Crippen LogP contribution in [0.2, 0.25) is 0 Å². The van der Waals surface area contributed by atoms with E-state index >= 15 is 0 Å². The number of rotatable bonds is 3. The molecular weight excluding hydrogens is 221 g/mol. The first-order chi connectivity index (χ1) is 7.40. The lowest BCUT2D eigenvalue weighted by atomic mass is 10.0. The zero-order valence-electron chi connectivity index (χ0n) is 8.58. The van der Waals surface area contributed by atoms with Crippen molar-refractivity contribution in [3.05, 3.63) is 42.0 Å². The topological polar surface area (TPSA) is 29.5 Å². The molecule has 0 saturated heterocycles. The fraction of sp³-hybridized carbons (Fsp3) is 0.273. The zero-order valence-corrected chi connectivity index (χ0v) is 8.58. The molecule has 1 atom stereocenters. The monoisotopic (exact) mass is 232 g/mol. The molecule has 0 unspecified atom stereocenters. The summed E-state index contributed by atoms with van der Waals surface area (Å²) in [4.78, 5) is 0. The highest BCUT2D eigenvalue weighted by atomic mass is 19.4. The van der Waals surface area contributed by atoms with Gasteiger partial charge in [-0.3, -0.25) is 0 Å². The maximum atomic E-state index is 12.7. The van der Waals surface area contributed by atoms with E-state index in [1.807, 2.05) is 0 Å². The minimum Gasteiger partial charge on any atom is -0.497 e. The van der Waals surface area contributed by atoms with Gasteiger partial charge in [-0.1, -0.05) is 12.1 Å². The Morgan fingerprint density at radius 1 is 1.44 bits per heavy atom. The quantitative estimate of drug-likeness (QED) is 0.812. The van der Waals surface area contributed by atoms with E-state index in [-0.39, 0.29) is 11.3 Å². The number of alkyl halides is 3. The standard InChI is InChI=1S/C11H11F3O2/c1-3-10(15)8-5-4-7(16-2)6-9(8)11(12,13)14/h3-6,10,15H,1H2,2H3/t10-/m0/s1. The lowest BCUT2D eigenvalue weighted by Crippen LogP contribution is -2.11. The van der Waals surface area contributed by atoms with Gasteiger partial charge in [-0.25, -0.2) is 0 Å². The van der Waals surface area contributed by atoms with Crippen LogP contribution in [0.15, 0.2) is 30.9 Å². The molecule has 0 fully saturated rings. The molecule has 16 heavy (non-hydrogen) atoms. The Hall–Kier alpha value is -1.49. The van der Waals surface area contributed by atoms with Crippen molar-refractivity contribution >= 4 is 0 Å². The van der Waals surface area contributed by atoms with Crippen molar-refractivity contribution in [1.82, 2.24) is 0 Å². The Morgan fingerprint density at radius 3 is 2.50 bits per heavy atom. The highest BCUT2D eigenvalue weighted by molar-refractivity contribution is 5.39. The minimum absolute atomic E-state index is 0.0901. The average molecular weight is 232 g/mol. The van der Waals surface area contributed by atoms with Gasteiger partial charge < -0.3 is 9.84 Å². The highest BCUT2D eigenvalue weighted by Gasteiger charge is 2.35. The van der Waals surface area contributed by atoms with Crippen LogP contribution in [0.5, 0.6) is 5.75 Å². The number of benzene rings is 1. The van der Waals surface area contributed by atoms with E-state index in [9.17, 15) is 18.3 Å². The Labute approximate surface area is 91.0 Å². The van der Waals surface area contributed by atoms with Gasteiger partial charge in [-0.15, -0.1) is 6.58 Å². The molecule has 0 saturated carbocycles. The molecule has 0 aromatic heterocycles. The Morgan fingerprint density at radius 2 is 2.06 bits per heavy atom. The molecular formula is C11H11F3O2. The SMILES string of the molecule is C=C[C@H](O)c1ccc(OC)cc1C(F)(F)F. The third-order valence-corrected chi connectivity index (χ3v) is 2.11. The summed E-state index contributed by atoms with van der Waals surface area (Å²) in [5.41, 5.74) is -1.15. The van der Waals surface area contributed by atoms with Crippen LogP contribution < -0.4 is 4.74 Å². The predicted molar refractivity (Wildman–Crippen MR) is 53.2 cm³/mol. The van der Waals surface area contributed by atoms with Gasteiger partial charge in [0, 0.05) is 0 Å². The molecule has 0 aliphatic rings. The Bertz CT molecular complexity index is 385. The van der Waals surface area contributed by atoms with Gasteiger partial charge in [0.15, 0.2) is 0 Å². The predicted octanol–water partition coefficient (Wildman–Crippen LogP) is 2.93. The maximum absolute atomic E-state index is 12.7. The molecule has 0 bridgehead atoms. The van der Waals surface area contributed by atoms with Crippen molar-refractivity contribution < 1.29 is 23.0 Å². The molecule has 0 aliphatic heterocycles. The largest absolute Gasteiger partial charge is 0.497 e. The Balaban J connectivity index is 3.33. The van der Waals surface area contributed by atoms with E-state index in [0.717, 1.165) is 12.1 Å². The summed E-state index contributed by atoms with van der Waals surface area (Å²) in [5.74, 6) is 0.0901. The van der Waals surface area contributed by atoms with Gasteiger partial charge >= 0.3 is 6.18 Å². The first-order valence-corrected chi connectivity index (χ1v) is 4.46. The number of halogens is 3. The zero-order chi connectivity index (χ0) is 12.3. The summed E-state index contributed by atoms with van der Waals surface area (Å²) in [6, 6.07) is 3.38.